The van der Waals surface area contributed by atoms with Crippen molar-refractivity contribution in [3.8, 4) is 0 Å². The maximum absolute atomic E-state index is 10.3. The van der Waals surface area contributed by atoms with E-state index >= 15 is 0 Å². The first-order valence-corrected chi connectivity index (χ1v) is 9.21. The van der Waals surface area contributed by atoms with Gasteiger partial charge >= 0.3 is 0 Å². The number of aliphatic hydroxyl groups excluding tert-OH is 2. The highest BCUT2D eigenvalue weighted by Crippen LogP contribution is 2.39. The summed E-state index contributed by atoms with van der Waals surface area (Å²) in [7, 11) is 0. The first kappa shape index (κ1) is 18.8. The Morgan fingerprint density at radius 3 is 2.33 bits per heavy atom. The normalized spacial score (nSPS) is 31.9. The van der Waals surface area contributed by atoms with Gasteiger partial charge in [-0.15, -0.1) is 0 Å². The van der Waals surface area contributed by atoms with E-state index < -0.39 is 43.6 Å². The molecule has 2 saturated heterocycles. The van der Waals surface area contributed by atoms with E-state index in [4.69, 9.17) is 30.5 Å². The van der Waals surface area contributed by atoms with Gasteiger partial charge in [0, 0.05) is 16.1 Å². The van der Waals surface area contributed by atoms with E-state index in [1.165, 1.54) is 0 Å². The van der Waals surface area contributed by atoms with Gasteiger partial charge in [-0.3, -0.25) is 0 Å². The predicted molar refractivity (Wildman–Crippen MR) is 97.0 cm³/mol. The fourth-order valence-corrected chi connectivity index (χ4v) is 3.46. The number of benzene rings is 2. The summed E-state index contributed by atoms with van der Waals surface area (Å²) in [5, 5.41) is 20.4. The Balaban J connectivity index is 1.55. The first-order chi connectivity index (χ1) is 13.2. The largest absolute Gasteiger partial charge is 0.394 e. The minimum Gasteiger partial charge on any atom is -0.394 e. The summed E-state index contributed by atoms with van der Waals surface area (Å²) in [6, 6.07) is 16.6. The van der Waals surface area contributed by atoms with Crippen molar-refractivity contribution in [2.75, 3.05) is 13.2 Å². The van der Waals surface area contributed by atoms with E-state index in [0.29, 0.717) is 5.02 Å². The zero-order valence-electron chi connectivity index (χ0n) is 14.5. The van der Waals surface area contributed by atoms with Gasteiger partial charge in [-0.2, -0.15) is 0 Å². The smallest absolute Gasteiger partial charge is 0.184 e. The van der Waals surface area contributed by atoms with Crippen molar-refractivity contribution in [2.45, 2.75) is 37.0 Å². The van der Waals surface area contributed by atoms with E-state index in [9.17, 15) is 10.2 Å². The number of fused-ring (bicyclic) bond motifs is 1. The van der Waals surface area contributed by atoms with Crippen molar-refractivity contribution in [2.24, 2.45) is 0 Å². The molecule has 0 radical (unpaired) electrons. The second-order valence-electron chi connectivity index (χ2n) is 6.59. The molecule has 0 saturated carbocycles. The average molecular weight is 393 g/mol. The Labute approximate surface area is 162 Å². The van der Waals surface area contributed by atoms with Crippen LogP contribution in [0.2, 0.25) is 5.02 Å². The molecule has 2 aromatic carbocycles. The zero-order valence-corrected chi connectivity index (χ0v) is 15.2. The Bertz CT molecular complexity index is 740. The minimum atomic E-state index is -1.11. The fraction of sp³-hybridized carbons (Fsp3) is 0.400. The molecule has 2 aliphatic rings. The van der Waals surface area contributed by atoms with Crippen LogP contribution < -0.4 is 0 Å². The third kappa shape index (κ3) is 4.02. The maximum atomic E-state index is 10.3. The van der Waals surface area contributed by atoms with E-state index in [2.05, 4.69) is 0 Å². The van der Waals surface area contributed by atoms with Crippen molar-refractivity contribution >= 4 is 11.6 Å². The first-order valence-electron chi connectivity index (χ1n) is 8.83. The monoisotopic (exact) mass is 392 g/mol. The maximum Gasteiger partial charge on any atom is 0.184 e. The number of aliphatic hydroxyl groups is 2. The van der Waals surface area contributed by atoms with Crippen LogP contribution in [-0.2, 0) is 18.9 Å². The summed E-state index contributed by atoms with van der Waals surface area (Å²) in [5.41, 5.74) is 1.63. The van der Waals surface area contributed by atoms with Gasteiger partial charge in [0.15, 0.2) is 12.6 Å². The highest BCUT2D eigenvalue weighted by Gasteiger charge is 2.48. The third-order valence-electron chi connectivity index (χ3n) is 4.74. The molecule has 144 valence electrons. The fourth-order valence-electron chi connectivity index (χ4n) is 3.34. The summed E-state index contributed by atoms with van der Waals surface area (Å²) in [4.78, 5) is 0. The standard InChI is InChI=1S/C20H21ClO6/c21-14-8-6-13(7-9-14)20-25-16-11-24-19(12-4-2-1-3-5-12)27-18(16)17(26-20)15(23)10-22/h1-9,15-20,22-23H,10-11H2/t15-,16+,17-,18-,19?,20?/m1/s1. The molecular weight excluding hydrogens is 372 g/mol. The number of hydrogen-bond acceptors (Lipinski definition) is 6. The molecule has 0 amide bonds. The molecule has 0 aliphatic carbocycles. The molecule has 27 heavy (non-hydrogen) atoms. The average Bonchev–Trinajstić information content (AvgIpc) is 2.73. The Hall–Kier alpha value is -1.51. The van der Waals surface area contributed by atoms with Crippen LogP contribution in [0.3, 0.4) is 0 Å². The second-order valence-corrected chi connectivity index (χ2v) is 7.02. The minimum absolute atomic E-state index is 0.284. The lowest BCUT2D eigenvalue weighted by Crippen LogP contribution is -2.58. The van der Waals surface area contributed by atoms with E-state index in [1.54, 1.807) is 24.3 Å². The number of halogens is 1. The SMILES string of the molecule is OC[C@@H](O)[C@H]1OC(c2ccc(Cl)cc2)O[C@H]2COC(c3ccccc3)O[C@@H]12. The van der Waals surface area contributed by atoms with Crippen molar-refractivity contribution < 1.29 is 29.2 Å². The van der Waals surface area contributed by atoms with Gasteiger partial charge in [0.05, 0.1) is 13.2 Å². The molecule has 0 aromatic heterocycles. The quantitative estimate of drug-likeness (QED) is 0.832. The van der Waals surface area contributed by atoms with Gasteiger partial charge in [-0.1, -0.05) is 54.1 Å². The van der Waals surface area contributed by atoms with Crippen molar-refractivity contribution in [3.63, 3.8) is 0 Å². The molecule has 0 bridgehead atoms. The van der Waals surface area contributed by atoms with Crippen LogP contribution in [0.1, 0.15) is 23.7 Å². The van der Waals surface area contributed by atoms with Crippen LogP contribution in [0.5, 0.6) is 0 Å². The molecular formula is C20H21ClO6. The molecule has 2 fully saturated rings. The summed E-state index contributed by atoms with van der Waals surface area (Å²) in [6.45, 7) is -0.159. The Morgan fingerprint density at radius 2 is 1.63 bits per heavy atom. The van der Waals surface area contributed by atoms with E-state index in [-0.39, 0.29) is 6.61 Å². The molecule has 2 aliphatic heterocycles. The molecule has 6 nitrogen and oxygen atoms in total. The third-order valence-corrected chi connectivity index (χ3v) is 4.99. The lowest BCUT2D eigenvalue weighted by Gasteiger charge is -2.47. The highest BCUT2D eigenvalue weighted by molar-refractivity contribution is 6.30. The summed E-state index contributed by atoms with van der Waals surface area (Å²) >= 11 is 5.94. The van der Waals surface area contributed by atoms with Crippen LogP contribution in [0.4, 0.5) is 0 Å². The second kappa shape index (κ2) is 8.24. The number of rotatable bonds is 4. The lowest BCUT2D eigenvalue weighted by atomic mass is 9.99. The van der Waals surface area contributed by atoms with Crippen LogP contribution >= 0.6 is 11.6 Å². The van der Waals surface area contributed by atoms with E-state index in [1.807, 2.05) is 30.3 Å². The molecule has 2 heterocycles. The summed E-state index contributed by atoms with van der Waals surface area (Å²) in [6.07, 6.45) is -4.18. The molecule has 2 N–H and O–H groups in total. The Morgan fingerprint density at radius 1 is 0.926 bits per heavy atom. The molecule has 2 aromatic rings. The van der Waals surface area contributed by atoms with Crippen molar-refractivity contribution in [1.82, 2.24) is 0 Å². The molecule has 4 rings (SSSR count). The zero-order chi connectivity index (χ0) is 18.8. The number of hydrogen-bond donors (Lipinski definition) is 2. The van der Waals surface area contributed by atoms with Gasteiger partial charge < -0.3 is 29.2 Å². The van der Waals surface area contributed by atoms with Gasteiger partial charge in [0.1, 0.15) is 24.4 Å². The molecule has 6 atom stereocenters. The van der Waals surface area contributed by atoms with E-state index in [0.717, 1.165) is 11.1 Å². The predicted octanol–water partition coefficient (Wildman–Crippen LogP) is 2.59. The van der Waals surface area contributed by atoms with Crippen LogP contribution in [0, 0.1) is 0 Å². The molecule has 0 spiro atoms. The van der Waals surface area contributed by atoms with Gasteiger partial charge in [-0.05, 0) is 12.1 Å². The van der Waals surface area contributed by atoms with Gasteiger partial charge in [0.2, 0.25) is 0 Å². The van der Waals surface area contributed by atoms with Crippen molar-refractivity contribution in [1.29, 1.82) is 0 Å². The molecule has 7 heteroatoms. The lowest BCUT2D eigenvalue weighted by molar-refractivity contribution is -0.373. The van der Waals surface area contributed by atoms with Crippen molar-refractivity contribution in [3.05, 3.63) is 70.7 Å². The topological polar surface area (TPSA) is 77.4 Å². The van der Waals surface area contributed by atoms with Gasteiger partial charge in [-0.25, -0.2) is 0 Å². The number of ether oxygens (including phenoxy) is 4. The van der Waals surface area contributed by atoms with Crippen LogP contribution in [0.25, 0.3) is 0 Å². The Kier molecular flexibility index (Phi) is 5.75. The van der Waals surface area contributed by atoms with Gasteiger partial charge in [0.25, 0.3) is 0 Å². The van der Waals surface area contributed by atoms with Crippen LogP contribution in [0.15, 0.2) is 54.6 Å². The summed E-state index contributed by atoms with van der Waals surface area (Å²) in [5.74, 6) is 0. The molecule has 2 unspecified atom stereocenters. The summed E-state index contributed by atoms with van der Waals surface area (Å²) < 4.78 is 23.9. The highest BCUT2D eigenvalue weighted by atomic mass is 35.5. The van der Waals surface area contributed by atoms with Crippen LogP contribution in [-0.4, -0.2) is 47.8 Å².